The summed E-state index contributed by atoms with van der Waals surface area (Å²) in [6.07, 6.45) is 5.39. The average Bonchev–Trinajstić information content (AvgIpc) is 3.49. The molecule has 0 unspecified atom stereocenters. The molecular weight excluding hydrogens is 404 g/mol. The van der Waals surface area contributed by atoms with Gasteiger partial charge in [-0.15, -0.1) is 4.37 Å². The van der Waals surface area contributed by atoms with Crippen LogP contribution in [0, 0.1) is 23.2 Å². The maximum Gasteiger partial charge on any atom is 0.327 e. The van der Waals surface area contributed by atoms with Gasteiger partial charge >= 0.3 is 12.0 Å². The van der Waals surface area contributed by atoms with Crippen molar-refractivity contribution in [3.8, 4) is 12.1 Å². The molecular formula is C19H20N8O2S. The summed E-state index contributed by atoms with van der Waals surface area (Å²) in [6, 6.07) is 4.00. The minimum Gasteiger partial charge on any atom is -0.478 e. The molecule has 0 radical (unpaired) electrons. The quantitative estimate of drug-likeness (QED) is 0.587. The molecule has 3 aromatic rings. The topological polar surface area (TPSA) is 134 Å². The molecule has 154 valence electrons. The van der Waals surface area contributed by atoms with Crippen LogP contribution in [-0.4, -0.2) is 61.5 Å². The summed E-state index contributed by atoms with van der Waals surface area (Å²) in [6.45, 7) is 1.37. The van der Waals surface area contributed by atoms with Gasteiger partial charge in [-0.05, 0) is 30.7 Å². The Kier molecular flexibility index (Phi) is 4.43. The van der Waals surface area contributed by atoms with Crippen LogP contribution in [0.15, 0.2) is 18.5 Å². The molecule has 1 saturated heterocycles. The second-order valence-corrected chi connectivity index (χ2v) is 8.62. The summed E-state index contributed by atoms with van der Waals surface area (Å²) in [5, 5.41) is 22.8. The number of fused-ring (bicyclic) bond motifs is 2. The summed E-state index contributed by atoms with van der Waals surface area (Å²) < 4.78 is 3.66. The Hall–Kier alpha value is -3.39. The van der Waals surface area contributed by atoms with Crippen LogP contribution in [-0.2, 0) is 0 Å². The van der Waals surface area contributed by atoms with Crippen molar-refractivity contribution in [2.24, 2.45) is 11.8 Å². The van der Waals surface area contributed by atoms with Crippen LogP contribution in [0.4, 0.5) is 15.6 Å². The van der Waals surface area contributed by atoms with E-state index in [1.54, 1.807) is 6.20 Å². The standard InChI is InChI=1S/C19H20N8O2S/c1-26(15-12(6-20)7-22-16-14(15)2-3-21-16)13-4-10-8-27(9-11(10)5-13)19(29)24-18-23-17(28)25-30-18/h2-3,7,10-11,13H,4-5,8-9H2,1H3,(H,21,22)(H2,23,24,25,28,29)/t10-,11+,13-. The number of hydrogen-bond acceptors (Lipinski definition) is 8. The Morgan fingerprint density at radius 1 is 1.43 bits per heavy atom. The minimum absolute atomic E-state index is 0.208. The van der Waals surface area contributed by atoms with Crippen molar-refractivity contribution in [1.82, 2.24) is 24.2 Å². The third kappa shape index (κ3) is 3.09. The first kappa shape index (κ1) is 18.6. The molecule has 30 heavy (non-hydrogen) atoms. The van der Waals surface area contributed by atoms with Crippen LogP contribution in [0.5, 0.6) is 6.01 Å². The SMILES string of the molecule is CN(c1c(C#N)cnc2[nH]ccc12)[C@@H]1C[C@@H]2CN(C(=O)Nc3nc(O)ns3)C[C@@H]2C1. The Balaban J connectivity index is 1.28. The highest BCUT2D eigenvalue weighted by atomic mass is 32.1. The average molecular weight is 424 g/mol. The molecule has 1 saturated carbocycles. The number of amides is 2. The fraction of sp³-hybridized carbons (Fsp3) is 0.421. The van der Waals surface area contributed by atoms with E-state index in [0.717, 1.165) is 41.1 Å². The maximum absolute atomic E-state index is 12.5. The number of hydrogen-bond donors (Lipinski definition) is 3. The van der Waals surface area contributed by atoms with E-state index < -0.39 is 0 Å². The predicted molar refractivity (Wildman–Crippen MR) is 111 cm³/mol. The van der Waals surface area contributed by atoms with Crippen molar-refractivity contribution in [1.29, 1.82) is 5.26 Å². The lowest BCUT2D eigenvalue weighted by Gasteiger charge is -2.29. The normalized spacial score (nSPS) is 22.8. The van der Waals surface area contributed by atoms with Crippen molar-refractivity contribution in [3.05, 3.63) is 24.0 Å². The molecule has 5 rings (SSSR count). The van der Waals surface area contributed by atoms with E-state index in [4.69, 9.17) is 0 Å². The number of nitriles is 1. The predicted octanol–water partition coefficient (Wildman–Crippen LogP) is 2.37. The number of aromatic nitrogens is 4. The summed E-state index contributed by atoms with van der Waals surface area (Å²) >= 11 is 0.955. The van der Waals surface area contributed by atoms with Crippen molar-refractivity contribution >= 4 is 39.4 Å². The summed E-state index contributed by atoms with van der Waals surface area (Å²) in [7, 11) is 2.04. The first-order valence-electron chi connectivity index (χ1n) is 9.71. The highest BCUT2D eigenvalue weighted by Crippen LogP contribution is 2.42. The Morgan fingerprint density at radius 2 is 2.20 bits per heavy atom. The molecule has 2 amide bonds. The van der Waals surface area contributed by atoms with Crippen LogP contribution < -0.4 is 10.2 Å². The number of aromatic amines is 1. The van der Waals surface area contributed by atoms with Crippen molar-refractivity contribution < 1.29 is 9.90 Å². The molecule has 2 fully saturated rings. The minimum atomic E-state index is -0.330. The number of H-pyrrole nitrogens is 1. The van der Waals surface area contributed by atoms with Gasteiger partial charge < -0.3 is 19.9 Å². The zero-order valence-corrected chi connectivity index (χ0v) is 17.1. The molecule has 4 heterocycles. The highest BCUT2D eigenvalue weighted by molar-refractivity contribution is 7.10. The van der Waals surface area contributed by atoms with Crippen LogP contribution >= 0.6 is 11.5 Å². The van der Waals surface area contributed by atoms with E-state index in [1.807, 2.05) is 24.2 Å². The molecule has 0 bridgehead atoms. The van der Waals surface area contributed by atoms with Gasteiger partial charge in [0.25, 0.3) is 0 Å². The second kappa shape index (κ2) is 7.14. The number of likely N-dealkylation sites (tertiary alicyclic amines) is 1. The Morgan fingerprint density at radius 3 is 2.87 bits per heavy atom. The van der Waals surface area contributed by atoms with Gasteiger partial charge in [0.1, 0.15) is 11.7 Å². The summed E-state index contributed by atoms with van der Waals surface area (Å²) in [4.78, 5) is 27.7. The molecule has 1 aliphatic carbocycles. The van der Waals surface area contributed by atoms with E-state index in [-0.39, 0.29) is 12.0 Å². The molecule has 3 atom stereocenters. The first-order chi connectivity index (χ1) is 14.5. The second-order valence-electron chi connectivity index (χ2n) is 7.86. The highest BCUT2D eigenvalue weighted by Gasteiger charge is 2.44. The van der Waals surface area contributed by atoms with Gasteiger partial charge in [-0.25, -0.2) is 9.78 Å². The molecule has 11 heteroatoms. The molecule has 3 aromatic heterocycles. The van der Waals surface area contributed by atoms with Gasteiger partial charge in [0, 0.05) is 55.5 Å². The number of anilines is 2. The number of carbonyl (C=O) groups excluding carboxylic acids is 1. The molecule has 3 N–H and O–H groups in total. The van der Waals surface area contributed by atoms with Crippen molar-refractivity contribution in [2.45, 2.75) is 18.9 Å². The number of nitrogens with one attached hydrogen (secondary N) is 2. The molecule has 1 aliphatic heterocycles. The van der Waals surface area contributed by atoms with E-state index in [9.17, 15) is 15.2 Å². The van der Waals surface area contributed by atoms with Gasteiger partial charge in [0.15, 0.2) is 0 Å². The monoisotopic (exact) mass is 424 g/mol. The largest absolute Gasteiger partial charge is 0.478 e. The lowest BCUT2D eigenvalue weighted by atomic mass is 10.0. The van der Waals surface area contributed by atoms with Crippen LogP contribution in [0.3, 0.4) is 0 Å². The van der Waals surface area contributed by atoms with E-state index in [1.165, 1.54) is 0 Å². The number of rotatable bonds is 3. The van der Waals surface area contributed by atoms with Gasteiger partial charge in [-0.3, -0.25) is 5.32 Å². The Bertz CT molecular complexity index is 1140. The maximum atomic E-state index is 12.5. The van der Waals surface area contributed by atoms with E-state index in [0.29, 0.717) is 41.7 Å². The van der Waals surface area contributed by atoms with Crippen LogP contribution in [0.25, 0.3) is 11.0 Å². The van der Waals surface area contributed by atoms with E-state index >= 15 is 0 Å². The first-order valence-corrected chi connectivity index (χ1v) is 10.5. The van der Waals surface area contributed by atoms with Gasteiger partial charge in [-0.2, -0.15) is 10.2 Å². The molecule has 2 aliphatic rings. The summed E-state index contributed by atoms with van der Waals surface area (Å²) in [5.74, 6) is 0.834. The zero-order valence-electron chi connectivity index (χ0n) is 16.2. The molecule has 10 nitrogen and oxygen atoms in total. The third-order valence-corrected chi connectivity index (χ3v) is 6.84. The van der Waals surface area contributed by atoms with Crippen molar-refractivity contribution in [3.63, 3.8) is 0 Å². The summed E-state index contributed by atoms with van der Waals surface area (Å²) in [5.41, 5.74) is 2.27. The zero-order chi connectivity index (χ0) is 20.8. The number of nitrogens with zero attached hydrogens (tertiary/aromatic N) is 6. The number of urea groups is 1. The lowest BCUT2D eigenvalue weighted by Crippen LogP contribution is -2.36. The van der Waals surface area contributed by atoms with Gasteiger partial charge in [0.2, 0.25) is 5.13 Å². The van der Waals surface area contributed by atoms with E-state index in [2.05, 4.69) is 35.6 Å². The number of pyridine rings is 1. The van der Waals surface area contributed by atoms with Crippen LogP contribution in [0.1, 0.15) is 18.4 Å². The molecule has 0 aromatic carbocycles. The fourth-order valence-electron chi connectivity index (χ4n) is 4.83. The van der Waals surface area contributed by atoms with Gasteiger partial charge in [0.05, 0.1) is 11.3 Å². The van der Waals surface area contributed by atoms with Crippen LogP contribution in [0.2, 0.25) is 0 Å². The number of carbonyl (C=O) groups is 1. The lowest BCUT2D eigenvalue weighted by molar-refractivity contribution is 0.218. The Labute approximate surface area is 176 Å². The smallest absolute Gasteiger partial charge is 0.327 e. The van der Waals surface area contributed by atoms with Gasteiger partial charge in [-0.1, -0.05) is 0 Å². The fourth-order valence-corrected chi connectivity index (χ4v) is 5.29. The number of aromatic hydroxyl groups is 1. The van der Waals surface area contributed by atoms with Crippen molar-refractivity contribution in [2.75, 3.05) is 30.4 Å². The molecule has 0 spiro atoms. The third-order valence-electron chi connectivity index (χ3n) is 6.22.